The van der Waals surface area contributed by atoms with Crippen LogP contribution in [-0.2, 0) is 11.2 Å². The Labute approximate surface area is 83.9 Å². The molecule has 0 heterocycles. The van der Waals surface area contributed by atoms with Crippen molar-refractivity contribution in [3.8, 4) is 5.75 Å². The summed E-state index contributed by atoms with van der Waals surface area (Å²) in [5.74, 6) is 0.910. The van der Waals surface area contributed by atoms with E-state index in [4.69, 9.17) is 10.5 Å². The zero-order chi connectivity index (χ0) is 10.4. The lowest BCUT2D eigenvalue weighted by molar-refractivity contribution is -0.117. The van der Waals surface area contributed by atoms with E-state index in [1.165, 1.54) is 0 Å². The van der Waals surface area contributed by atoms with Crippen molar-refractivity contribution in [1.82, 2.24) is 0 Å². The Hall–Kier alpha value is -1.35. The van der Waals surface area contributed by atoms with Gasteiger partial charge in [0, 0.05) is 6.42 Å². The SMILES string of the molecule is COc1ccccc1CCC(=O)CN. The van der Waals surface area contributed by atoms with E-state index in [0.29, 0.717) is 12.8 Å². The van der Waals surface area contributed by atoms with Gasteiger partial charge in [-0.2, -0.15) is 0 Å². The lowest BCUT2D eigenvalue weighted by atomic mass is 10.1. The van der Waals surface area contributed by atoms with Crippen LogP contribution in [0.1, 0.15) is 12.0 Å². The van der Waals surface area contributed by atoms with E-state index in [1.54, 1.807) is 7.11 Å². The summed E-state index contributed by atoms with van der Waals surface area (Å²) in [5.41, 5.74) is 6.28. The quantitative estimate of drug-likeness (QED) is 0.763. The van der Waals surface area contributed by atoms with Crippen molar-refractivity contribution in [1.29, 1.82) is 0 Å². The Bertz CT molecular complexity index is 310. The molecule has 0 aliphatic heterocycles. The molecule has 0 aliphatic rings. The Balaban J connectivity index is 2.61. The number of benzene rings is 1. The maximum absolute atomic E-state index is 11.0. The third kappa shape index (κ3) is 2.85. The molecular formula is C11H15NO2. The molecule has 0 fully saturated rings. The first-order chi connectivity index (χ1) is 6.77. The maximum atomic E-state index is 11.0. The van der Waals surface area contributed by atoms with E-state index >= 15 is 0 Å². The lowest BCUT2D eigenvalue weighted by Crippen LogP contribution is -2.13. The average molecular weight is 193 g/mol. The highest BCUT2D eigenvalue weighted by atomic mass is 16.5. The fourth-order valence-corrected chi connectivity index (χ4v) is 1.29. The number of para-hydroxylation sites is 1. The van der Waals surface area contributed by atoms with Crippen molar-refractivity contribution >= 4 is 5.78 Å². The summed E-state index contributed by atoms with van der Waals surface area (Å²) >= 11 is 0. The van der Waals surface area contributed by atoms with Gasteiger partial charge in [-0.05, 0) is 18.1 Å². The van der Waals surface area contributed by atoms with E-state index in [9.17, 15) is 4.79 Å². The molecule has 0 spiro atoms. The summed E-state index contributed by atoms with van der Waals surface area (Å²) in [6, 6.07) is 7.70. The zero-order valence-electron chi connectivity index (χ0n) is 8.32. The molecule has 0 unspecified atom stereocenters. The number of Topliss-reactive ketones (excluding diaryl/α,β-unsaturated/α-hetero) is 1. The number of aryl methyl sites for hydroxylation is 1. The molecule has 0 saturated carbocycles. The van der Waals surface area contributed by atoms with Gasteiger partial charge in [0.2, 0.25) is 0 Å². The minimum atomic E-state index is 0.0795. The molecule has 0 aliphatic carbocycles. The van der Waals surface area contributed by atoms with Crippen molar-refractivity contribution < 1.29 is 9.53 Å². The minimum absolute atomic E-state index is 0.0795. The van der Waals surface area contributed by atoms with Crippen LogP contribution in [0.15, 0.2) is 24.3 Å². The van der Waals surface area contributed by atoms with E-state index < -0.39 is 0 Å². The van der Waals surface area contributed by atoms with Crippen molar-refractivity contribution in [2.24, 2.45) is 5.73 Å². The summed E-state index contributed by atoms with van der Waals surface area (Å²) in [6.07, 6.45) is 1.18. The van der Waals surface area contributed by atoms with Gasteiger partial charge >= 0.3 is 0 Å². The van der Waals surface area contributed by atoms with E-state index in [-0.39, 0.29) is 12.3 Å². The number of hydrogen-bond donors (Lipinski definition) is 1. The standard InChI is InChI=1S/C11H15NO2/c1-14-11-5-3-2-4-9(11)6-7-10(13)8-12/h2-5H,6-8,12H2,1H3. The number of hydrogen-bond acceptors (Lipinski definition) is 3. The van der Waals surface area contributed by atoms with Crippen molar-refractivity contribution in [3.05, 3.63) is 29.8 Å². The molecule has 0 radical (unpaired) electrons. The molecular weight excluding hydrogens is 178 g/mol. The zero-order valence-corrected chi connectivity index (χ0v) is 8.32. The minimum Gasteiger partial charge on any atom is -0.496 e. The molecule has 0 atom stereocenters. The molecule has 2 N–H and O–H groups in total. The predicted octanol–water partition coefficient (Wildman–Crippen LogP) is 1.16. The monoisotopic (exact) mass is 193 g/mol. The van der Waals surface area contributed by atoms with Gasteiger partial charge in [-0.15, -0.1) is 0 Å². The summed E-state index contributed by atoms with van der Waals surface area (Å²) < 4.78 is 5.17. The van der Waals surface area contributed by atoms with Crippen molar-refractivity contribution in [3.63, 3.8) is 0 Å². The fourth-order valence-electron chi connectivity index (χ4n) is 1.29. The first kappa shape index (κ1) is 10.7. The summed E-state index contributed by atoms with van der Waals surface area (Å²) in [4.78, 5) is 11.0. The third-order valence-corrected chi connectivity index (χ3v) is 2.09. The number of rotatable bonds is 5. The smallest absolute Gasteiger partial charge is 0.146 e. The Morgan fingerprint density at radius 3 is 2.79 bits per heavy atom. The second-order valence-corrected chi connectivity index (χ2v) is 3.05. The summed E-state index contributed by atoms with van der Waals surface area (Å²) in [7, 11) is 1.63. The van der Waals surface area contributed by atoms with E-state index in [0.717, 1.165) is 11.3 Å². The first-order valence-electron chi connectivity index (χ1n) is 4.61. The van der Waals surface area contributed by atoms with Crippen LogP contribution in [-0.4, -0.2) is 19.4 Å². The van der Waals surface area contributed by atoms with Crippen LogP contribution in [0.3, 0.4) is 0 Å². The summed E-state index contributed by atoms with van der Waals surface area (Å²) in [5, 5.41) is 0. The average Bonchev–Trinajstić information content (AvgIpc) is 2.26. The van der Waals surface area contributed by atoms with Gasteiger partial charge in [0.1, 0.15) is 11.5 Å². The molecule has 0 aromatic heterocycles. The number of carbonyl (C=O) groups excluding carboxylic acids is 1. The van der Waals surface area contributed by atoms with Crippen LogP contribution >= 0.6 is 0 Å². The van der Waals surface area contributed by atoms with Crippen LogP contribution in [0.2, 0.25) is 0 Å². The van der Waals surface area contributed by atoms with Gasteiger partial charge < -0.3 is 10.5 Å². The molecule has 0 bridgehead atoms. The Morgan fingerprint density at radius 1 is 1.43 bits per heavy atom. The molecule has 14 heavy (non-hydrogen) atoms. The van der Waals surface area contributed by atoms with Gasteiger partial charge in [-0.3, -0.25) is 4.79 Å². The normalized spacial score (nSPS) is 9.86. The van der Waals surface area contributed by atoms with E-state index in [1.807, 2.05) is 24.3 Å². The van der Waals surface area contributed by atoms with Crippen molar-refractivity contribution in [2.45, 2.75) is 12.8 Å². The Morgan fingerprint density at radius 2 is 2.14 bits per heavy atom. The molecule has 3 heteroatoms. The van der Waals surface area contributed by atoms with Gasteiger partial charge in [0.15, 0.2) is 0 Å². The third-order valence-electron chi connectivity index (χ3n) is 2.09. The highest BCUT2D eigenvalue weighted by Crippen LogP contribution is 2.18. The highest BCUT2D eigenvalue weighted by Gasteiger charge is 2.04. The molecule has 0 amide bonds. The first-order valence-corrected chi connectivity index (χ1v) is 4.61. The predicted molar refractivity (Wildman–Crippen MR) is 55.4 cm³/mol. The van der Waals surface area contributed by atoms with Crippen LogP contribution in [0.4, 0.5) is 0 Å². The molecule has 0 saturated heterocycles. The van der Waals surface area contributed by atoms with Crippen molar-refractivity contribution in [2.75, 3.05) is 13.7 Å². The van der Waals surface area contributed by atoms with Gasteiger partial charge in [0.05, 0.1) is 13.7 Å². The second kappa shape index (κ2) is 5.40. The van der Waals surface area contributed by atoms with Crippen LogP contribution in [0, 0.1) is 0 Å². The lowest BCUT2D eigenvalue weighted by Gasteiger charge is -2.06. The number of ether oxygens (including phenoxy) is 1. The fraction of sp³-hybridized carbons (Fsp3) is 0.364. The van der Waals surface area contributed by atoms with Crippen LogP contribution in [0.5, 0.6) is 5.75 Å². The Kier molecular flexibility index (Phi) is 4.13. The largest absolute Gasteiger partial charge is 0.496 e. The summed E-state index contributed by atoms with van der Waals surface area (Å²) in [6.45, 7) is 0.120. The topological polar surface area (TPSA) is 52.3 Å². The second-order valence-electron chi connectivity index (χ2n) is 3.05. The molecule has 3 nitrogen and oxygen atoms in total. The van der Waals surface area contributed by atoms with Gasteiger partial charge in [0.25, 0.3) is 0 Å². The molecule has 1 aromatic carbocycles. The van der Waals surface area contributed by atoms with Crippen LogP contribution < -0.4 is 10.5 Å². The highest BCUT2D eigenvalue weighted by molar-refractivity contribution is 5.80. The molecule has 1 aromatic rings. The number of carbonyl (C=O) groups is 1. The number of ketones is 1. The maximum Gasteiger partial charge on any atom is 0.146 e. The number of methoxy groups -OCH3 is 1. The molecule has 1 rings (SSSR count). The molecule has 76 valence electrons. The van der Waals surface area contributed by atoms with Gasteiger partial charge in [-0.25, -0.2) is 0 Å². The van der Waals surface area contributed by atoms with Gasteiger partial charge in [-0.1, -0.05) is 18.2 Å². The number of nitrogens with two attached hydrogens (primary N) is 1. The van der Waals surface area contributed by atoms with Crippen LogP contribution in [0.25, 0.3) is 0 Å². The van der Waals surface area contributed by atoms with E-state index in [2.05, 4.69) is 0 Å².